The fraction of sp³-hybridized carbons (Fsp3) is 0.0645. The number of nitrogens with zero attached hydrogens (tertiary/aromatic N) is 1. The highest BCUT2D eigenvalue weighted by molar-refractivity contribution is 6.49. The molecule has 39 heavy (non-hydrogen) atoms. The number of aryl methyl sites for hydroxylation is 1. The Balaban J connectivity index is 1.78. The van der Waals surface area contributed by atoms with Crippen LogP contribution >= 0.6 is 0 Å². The van der Waals surface area contributed by atoms with Crippen molar-refractivity contribution in [2.45, 2.75) is 6.92 Å². The first-order valence-electron chi connectivity index (χ1n) is 12.0. The van der Waals surface area contributed by atoms with E-state index >= 15 is 0 Å². The summed E-state index contributed by atoms with van der Waals surface area (Å²) in [6.45, 7) is 1.90. The molecular weight excluding hydrogens is 496 g/mol. The lowest BCUT2D eigenvalue weighted by molar-refractivity contribution is -0.112. The minimum Gasteiger partial charge on any atom is -0.463 e. The Bertz CT molecular complexity index is 1720. The molecule has 0 saturated carbocycles. The molecule has 5 rings (SSSR count). The summed E-state index contributed by atoms with van der Waals surface area (Å²) in [4.78, 5) is 57.9. The highest BCUT2D eigenvalue weighted by atomic mass is 16.5. The maximum Gasteiger partial charge on any atom is 0.374 e. The van der Waals surface area contributed by atoms with E-state index in [0.29, 0.717) is 11.3 Å². The molecule has 0 saturated heterocycles. The Hall–Kier alpha value is -5.37. The molecule has 0 unspecified atom stereocenters. The van der Waals surface area contributed by atoms with Crippen LogP contribution in [-0.2, 0) is 9.53 Å². The van der Waals surface area contributed by atoms with Crippen molar-refractivity contribution in [1.29, 1.82) is 0 Å². The van der Waals surface area contributed by atoms with Crippen LogP contribution in [0.3, 0.4) is 0 Å². The van der Waals surface area contributed by atoms with E-state index in [0.717, 1.165) is 5.56 Å². The van der Waals surface area contributed by atoms with Gasteiger partial charge in [-0.3, -0.25) is 14.4 Å². The first kappa shape index (κ1) is 25.3. The number of ketones is 2. The number of esters is 1. The van der Waals surface area contributed by atoms with Gasteiger partial charge in [-0.05, 0) is 19.1 Å². The summed E-state index contributed by atoms with van der Waals surface area (Å²) in [5, 5.41) is 2.71. The molecule has 0 bridgehead atoms. The summed E-state index contributed by atoms with van der Waals surface area (Å²) in [6.07, 6.45) is 0. The molecule has 1 amide bonds. The highest BCUT2D eigenvalue weighted by Gasteiger charge is 2.32. The highest BCUT2D eigenvalue weighted by Crippen LogP contribution is 2.34. The van der Waals surface area contributed by atoms with Crippen LogP contribution in [0.15, 0.2) is 95.4 Å². The smallest absolute Gasteiger partial charge is 0.374 e. The van der Waals surface area contributed by atoms with E-state index in [1.54, 1.807) is 84.9 Å². The first-order valence-corrected chi connectivity index (χ1v) is 12.0. The Kier molecular flexibility index (Phi) is 6.84. The van der Waals surface area contributed by atoms with Gasteiger partial charge in [0.15, 0.2) is 5.78 Å². The van der Waals surface area contributed by atoms with Gasteiger partial charge in [-0.25, -0.2) is 9.78 Å². The van der Waals surface area contributed by atoms with Crippen molar-refractivity contribution in [2.75, 3.05) is 12.4 Å². The fourth-order valence-electron chi connectivity index (χ4n) is 4.19. The van der Waals surface area contributed by atoms with Crippen molar-refractivity contribution in [1.82, 2.24) is 4.98 Å². The summed E-state index contributed by atoms with van der Waals surface area (Å²) in [6, 6.07) is 25.2. The van der Waals surface area contributed by atoms with Gasteiger partial charge in [0.05, 0.1) is 23.8 Å². The normalized spacial score (nSPS) is 10.7. The number of ether oxygens (including phenoxy) is 1. The summed E-state index contributed by atoms with van der Waals surface area (Å²) < 4.78 is 10.4. The van der Waals surface area contributed by atoms with Crippen LogP contribution in [0.1, 0.15) is 42.4 Å². The quantitative estimate of drug-likeness (QED) is 0.168. The molecule has 0 aliphatic carbocycles. The van der Waals surface area contributed by atoms with Crippen molar-refractivity contribution >= 4 is 40.2 Å². The summed E-state index contributed by atoms with van der Waals surface area (Å²) in [5.41, 5.74) is 1.86. The first-order chi connectivity index (χ1) is 18.9. The van der Waals surface area contributed by atoms with Gasteiger partial charge in [-0.15, -0.1) is 0 Å². The van der Waals surface area contributed by atoms with Gasteiger partial charge < -0.3 is 14.5 Å². The zero-order valence-corrected chi connectivity index (χ0v) is 21.1. The summed E-state index contributed by atoms with van der Waals surface area (Å²) in [7, 11) is 1.19. The Morgan fingerprint density at radius 3 is 2.10 bits per heavy atom. The third kappa shape index (κ3) is 4.95. The fourth-order valence-corrected chi connectivity index (χ4v) is 4.19. The molecule has 192 valence electrons. The number of furan rings is 1. The van der Waals surface area contributed by atoms with Gasteiger partial charge in [0.25, 0.3) is 11.7 Å². The molecule has 0 spiro atoms. The van der Waals surface area contributed by atoms with Crippen LogP contribution in [0.2, 0.25) is 0 Å². The number of nitrogens with one attached hydrogen (secondary N) is 1. The number of carbonyl (C=O) groups excluding carboxylic acids is 4. The number of Topliss-reactive ketones (excluding diaryl/α,β-unsaturated/α-hetero) is 1. The van der Waals surface area contributed by atoms with Crippen molar-refractivity contribution < 1.29 is 28.3 Å². The number of pyridine rings is 1. The lowest BCUT2D eigenvalue weighted by Crippen LogP contribution is -2.26. The molecule has 8 heteroatoms. The summed E-state index contributed by atoms with van der Waals surface area (Å²) >= 11 is 0. The molecule has 5 aromatic rings. The second-order valence-corrected chi connectivity index (χ2v) is 8.74. The van der Waals surface area contributed by atoms with E-state index < -0.39 is 23.4 Å². The second-order valence-electron chi connectivity index (χ2n) is 8.74. The zero-order chi connectivity index (χ0) is 27.5. The van der Waals surface area contributed by atoms with Crippen LogP contribution in [0.5, 0.6) is 0 Å². The molecule has 0 fully saturated rings. The Morgan fingerprint density at radius 2 is 1.46 bits per heavy atom. The number of fused-ring (bicyclic) bond motifs is 1. The van der Waals surface area contributed by atoms with Gasteiger partial charge in [0, 0.05) is 28.4 Å². The van der Waals surface area contributed by atoms with E-state index in [1.165, 1.54) is 13.2 Å². The molecule has 1 N–H and O–H groups in total. The Morgan fingerprint density at radius 1 is 0.821 bits per heavy atom. The predicted molar refractivity (Wildman–Crippen MR) is 145 cm³/mol. The zero-order valence-electron chi connectivity index (χ0n) is 21.1. The SMILES string of the molecule is COC(=O)c1cc2c(C(=O)c3ccccc3)c(C(=O)C(=O)Nc3ccc(C)cc3)c(-c3ccccc3)nc2o1. The standard InChI is InChI=1S/C31H22N2O6/c1-18-13-15-21(16-14-18)32-29(36)28(35)25-24(27(34)20-11-7-4-8-12-20)22-17-23(31(37)38-2)39-30(22)33-26(25)19-9-5-3-6-10-19/h3-17H,1-2H3,(H,32,36). The van der Waals surface area contributed by atoms with Gasteiger partial charge >= 0.3 is 5.97 Å². The average Bonchev–Trinajstić information content (AvgIpc) is 3.41. The molecular formula is C31H22N2O6. The van der Waals surface area contributed by atoms with Crippen molar-refractivity contribution in [3.8, 4) is 11.3 Å². The van der Waals surface area contributed by atoms with E-state index in [9.17, 15) is 19.2 Å². The van der Waals surface area contributed by atoms with Gasteiger partial charge in [0.1, 0.15) is 0 Å². The van der Waals surface area contributed by atoms with Crippen molar-refractivity contribution in [3.05, 3.63) is 119 Å². The maximum absolute atomic E-state index is 14.0. The van der Waals surface area contributed by atoms with Crippen LogP contribution in [0.4, 0.5) is 5.69 Å². The molecule has 0 radical (unpaired) electrons. The van der Waals surface area contributed by atoms with Crippen LogP contribution in [-0.4, -0.2) is 35.5 Å². The number of methoxy groups -OCH3 is 1. The van der Waals surface area contributed by atoms with Crippen LogP contribution < -0.4 is 5.32 Å². The number of benzene rings is 3. The van der Waals surface area contributed by atoms with E-state index in [4.69, 9.17) is 9.15 Å². The van der Waals surface area contributed by atoms with E-state index in [2.05, 4.69) is 10.3 Å². The third-order valence-corrected chi connectivity index (χ3v) is 6.12. The second kappa shape index (κ2) is 10.5. The van der Waals surface area contributed by atoms with E-state index in [1.807, 2.05) is 6.92 Å². The van der Waals surface area contributed by atoms with Crippen LogP contribution in [0, 0.1) is 6.92 Å². The molecule has 0 atom stereocenters. The molecule has 3 aromatic carbocycles. The molecule has 2 aromatic heterocycles. The molecule has 8 nitrogen and oxygen atoms in total. The topological polar surface area (TPSA) is 116 Å². The van der Waals surface area contributed by atoms with Crippen molar-refractivity contribution in [2.24, 2.45) is 0 Å². The molecule has 0 aliphatic rings. The monoisotopic (exact) mass is 518 g/mol. The largest absolute Gasteiger partial charge is 0.463 e. The lowest BCUT2D eigenvalue weighted by atomic mass is 9.90. The minimum absolute atomic E-state index is 0.0518. The average molecular weight is 519 g/mol. The van der Waals surface area contributed by atoms with Gasteiger partial charge in [0.2, 0.25) is 11.5 Å². The number of aromatic nitrogens is 1. The minimum atomic E-state index is -0.969. The molecule has 2 heterocycles. The number of carbonyl (C=O) groups is 4. The van der Waals surface area contributed by atoms with Crippen molar-refractivity contribution in [3.63, 3.8) is 0 Å². The van der Waals surface area contributed by atoms with E-state index in [-0.39, 0.29) is 39.2 Å². The lowest BCUT2D eigenvalue weighted by Gasteiger charge is -2.14. The number of hydrogen-bond donors (Lipinski definition) is 1. The third-order valence-electron chi connectivity index (χ3n) is 6.12. The number of hydrogen-bond acceptors (Lipinski definition) is 7. The summed E-state index contributed by atoms with van der Waals surface area (Å²) in [5.74, 6) is -3.43. The number of anilines is 1. The maximum atomic E-state index is 14.0. The predicted octanol–water partition coefficient (Wildman–Crippen LogP) is 5.64. The number of amides is 1. The Labute approximate surface area is 223 Å². The molecule has 0 aliphatic heterocycles. The van der Waals surface area contributed by atoms with Crippen LogP contribution in [0.25, 0.3) is 22.4 Å². The van der Waals surface area contributed by atoms with Gasteiger partial charge in [-0.2, -0.15) is 0 Å². The number of rotatable bonds is 7. The van der Waals surface area contributed by atoms with Gasteiger partial charge in [-0.1, -0.05) is 78.4 Å².